The third kappa shape index (κ3) is 3.78. The van der Waals surface area contributed by atoms with Gasteiger partial charge < -0.3 is 15.2 Å². The molecule has 1 fully saturated rings. The molecule has 0 aromatic carbocycles. The Morgan fingerprint density at radius 2 is 2.00 bits per heavy atom. The summed E-state index contributed by atoms with van der Waals surface area (Å²) in [5.74, 6) is 1.49. The van der Waals surface area contributed by atoms with E-state index in [0.717, 1.165) is 38.1 Å². The maximum Gasteiger partial charge on any atom is 0.228 e. The van der Waals surface area contributed by atoms with Crippen LogP contribution in [-0.4, -0.2) is 41.2 Å². The molecule has 1 heterocycles. The van der Waals surface area contributed by atoms with E-state index in [1.165, 1.54) is 19.3 Å². The average Bonchev–Trinajstić information content (AvgIpc) is 2.74. The van der Waals surface area contributed by atoms with Crippen LogP contribution in [0.2, 0.25) is 0 Å². The minimum absolute atomic E-state index is 0.121. The molecule has 5 nitrogen and oxygen atoms in total. The Balaban J connectivity index is 1.89. The van der Waals surface area contributed by atoms with E-state index < -0.39 is 0 Å². The summed E-state index contributed by atoms with van der Waals surface area (Å²) in [5.41, 5.74) is 6.27. The van der Waals surface area contributed by atoms with E-state index >= 15 is 0 Å². The van der Waals surface area contributed by atoms with E-state index in [0.29, 0.717) is 5.89 Å². The molecule has 1 aliphatic carbocycles. The molecule has 2 rings (SSSR count). The SMILES string of the molecule is CN(C)CCc1noc(CC2(N)CCCCC2)n1. The molecule has 0 amide bonds. The van der Waals surface area contributed by atoms with Crippen LogP contribution in [0.1, 0.15) is 43.8 Å². The van der Waals surface area contributed by atoms with Crippen LogP contribution >= 0.6 is 0 Å². The zero-order chi connectivity index (χ0) is 13.0. The first-order valence-electron chi connectivity index (χ1n) is 6.82. The van der Waals surface area contributed by atoms with Crippen LogP contribution in [0.4, 0.5) is 0 Å². The molecule has 102 valence electrons. The van der Waals surface area contributed by atoms with Crippen LogP contribution in [0.3, 0.4) is 0 Å². The lowest BCUT2D eigenvalue weighted by Gasteiger charge is -2.31. The summed E-state index contributed by atoms with van der Waals surface area (Å²) in [6.07, 6.45) is 7.44. The van der Waals surface area contributed by atoms with Gasteiger partial charge in [-0.25, -0.2) is 0 Å². The van der Waals surface area contributed by atoms with Gasteiger partial charge in [0.15, 0.2) is 5.82 Å². The Morgan fingerprint density at radius 1 is 1.28 bits per heavy atom. The molecule has 0 bridgehead atoms. The summed E-state index contributed by atoms with van der Waals surface area (Å²) < 4.78 is 5.31. The van der Waals surface area contributed by atoms with Crippen molar-refractivity contribution >= 4 is 0 Å². The standard InChI is InChI=1S/C13H24N4O/c1-17(2)9-6-11-15-12(18-16-11)10-13(14)7-4-3-5-8-13/h3-10,14H2,1-2H3. The second kappa shape index (κ2) is 5.80. The number of hydrogen-bond acceptors (Lipinski definition) is 5. The number of aromatic nitrogens is 2. The summed E-state index contributed by atoms with van der Waals surface area (Å²) in [6.45, 7) is 0.937. The van der Waals surface area contributed by atoms with Crippen molar-refractivity contribution in [1.82, 2.24) is 15.0 Å². The second-order valence-corrected chi connectivity index (χ2v) is 5.76. The van der Waals surface area contributed by atoms with Gasteiger partial charge in [0.05, 0.1) is 0 Å². The predicted molar refractivity (Wildman–Crippen MR) is 70.3 cm³/mol. The van der Waals surface area contributed by atoms with Crippen LogP contribution in [0.15, 0.2) is 4.52 Å². The Kier molecular flexibility index (Phi) is 4.35. The smallest absolute Gasteiger partial charge is 0.228 e. The molecule has 1 aromatic rings. The first-order valence-corrected chi connectivity index (χ1v) is 6.82. The molecule has 1 aromatic heterocycles. The highest BCUT2D eigenvalue weighted by molar-refractivity contribution is 4.97. The summed E-state index contributed by atoms with van der Waals surface area (Å²) in [6, 6.07) is 0. The maximum atomic E-state index is 6.39. The van der Waals surface area contributed by atoms with Crippen LogP contribution < -0.4 is 5.73 Å². The number of nitrogens with zero attached hydrogens (tertiary/aromatic N) is 3. The van der Waals surface area contributed by atoms with Crippen LogP contribution in [0.5, 0.6) is 0 Å². The number of rotatable bonds is 5. The molecule has 0 aliphatic heterocycles. The molecular weight excluding hydrogens is 228 g/mol. The van der Waals surface area contributed by atoms with E-state index in [1.807, 2.05) is 14.1 Å². The maximum absolute atomic E-state index is 6.39. The van der Waals surface area contributed by atoms with Crippen molar-refractivity contribution < 1.29 is 4.52 Å². The summed E-state index contributed by atoms with van der Waals surface area (Å²) in [4.78, 5) is 6.55. The number of nitrogens with two attached hydrogens (primary N) is 1. The van der Waals surface area contributed by atoms with E-state index in [4.69, 9.17) is 10.3 Å². The topological polar surface area (TPSA) is 68.2 Å². The van der Waals surface area contributed by atoms with Gasteiger partial charge in [0.25, 0.3) is 0 Å². The third-order valence-corrected chi connectivity index (χ3v) is 3.65. The van der Waals surface area contributed by atoms with Crippen molar-refractivity contribution in [2.75, 3.05) is 20.6 Å². The van der Waals surface area contributed by atoms with Gasteiger partial charge in [-0.15, -0.1) is 0 Å². The lowest BCUT2D eigenvalue weighted by Crippen LogP contribution is -2.43. The predicted octanol–water partition coefficient (Wildman–Crippen LogP) is 1.38. The third-order valence-electron chi connectivity index (χ3n) is 3.65. The fraction of sp³-hybridized carbons (Fsp3) is 0.846. The quantitative estimate of drug-likeness (QED) is 0.857. The van der Waals surface area contributed by atoms with Crippen LogP contribution in [-0.2, 0) is 12.8 Å². The molecule has 0 atom stereocenters. The molecule has 2 N–H and O–H groups in total. The van der Waals surface area contributed by atoms with E-state index in [9.17, 15) is 0 Å². The van der Waals surface area contributed by atoms with Crippen molar-refractivity contribution in [3.05, 3.63) is 11.7 Å². The normalized spacial score (nSPS) is 19.3. The Labute approximate surface area is 109 Å². The van der Waals surface area contributed by atoms with Crippen LogP contribution in [0, 0.1) is 0 Å². The Hall–Kier alpha value is -0.940. The molecule has 18 heavy (non-hydrogen) atoms. The number of hydrogen-bond donors (Lipinski definition) is 1. The molecular formula is C13H24N4O. The van der Waals surface area contributed by atoms with Crippen molar-refractivity contribution in [3.8, 4) is 0 Å². The minimum Gasteiger partial charge on any atom is -0.339 e. The zero-order valence-corrected chi connectivity index (χ0v) is 11.5. The van der Waals surface area contributed by atoms with Gasteiger partial charge in [-0.1, -0.05) is 24.4 Å². The molecule has 0 spiro atoms. The van der Waals surface area contributed by atoms with Crippen molar-refractivity contribution in [2.24, 2.45) is 5.73 Å². The summed E-state index contributed by atoms with van der Waals surface area (Å²) in [7, 11) is 4.08. The first-order chi connectivity index (χ1) is 8.57. The van der Waals surface area contributed by atoms with Gasteiger partial charge in [0.1, 0.15) is 0 Å². The van der Waals surface area contributed by atoms with Gasteiger partial charge in [-0.3, -0.25) is 0 Å². The van der Waals surface area contributed by atoms with Crippen LogP contribution in [0.25, 0.3) is 0 Å². The summed E-state index contributed by atoms with van der Waals surface area (Å²) >= 11 is 0. The second-order valence-electron chi connectivity index (χ2n) is 5.76. The fourth-order valence-corrected chi connectivity index (χ4v) is 2.52. The van der Waals surface area contributed by atoms with Crippen molar-refractivity contribution in [2.45, 2.75) is 50.5 Å². The Morgan fingerprint density at radius 3 is 2.67 bits per heavy atom. The average molecular weight is 252 g/mol. The Bertz CT molecular complexity index is 369. The highest BCUT2D eigenvalue weighted by Gasteiger charge is 2.29. The van der Waals surface area contributed by atoms with Gasteiger partial charge in [-0.05, 0) is 26.9 Å². The van der Waals surface area contributed by atoms with E-state index in [1.54, 1.807) is 0 Å². The molecule has 0 unspecified atom stereocenters. The fourth-order valence-electron chi connectivity index (χ4n) is 2.52. The number of likely N-dealkylation sites (N-methyl/N-ethyl adjacent to an activating group) is 1. The summed E-state index contributed by atoms with van der Waals surface area (Å²) in [5, 5.41) is 4.02. The zero-order valence-electron chi connectivity index (χ0n) is 11.5. The van der Waals surface area contributed by atoms with Gasteiger partial charge in [-0.2, -0.15) is 4.98 Å². The van der Waals surface area contributed by atoms with E-state index in [-0.39, 0.29) is 5.54 Å². The highest BCUT2D eigenvalue weighted by atomic mass is 16.5. The largest absolute Gasteiger partial charge is 0.339 e. The lowest BCUT2D eigenvalue weighted by molar-refractivity contribution is 0.260. The highest BCUT2D eigenvalue weighted by Crippen LogP contribution is 2.28. The molecule has 5 heteroatoms. The van der Waals surface area contributed by atoms with Gasteiger partial charge in [0, 0.05) is 24.9 Å². The monoisotopic (exact) mass is 252 g/mol. The molecule has 0 radical (unpaired) electrons. The molecule has 0 saturated heterocycles. The van der Waals surface area contributed by atoms with Gasteiger partial charge >= 0.3 is 0 Å². The van der Waals surface area contributed by atoms with E-state index in [2.05, 4.69) is 15.0 Å². The van der Waals surface area contributed by atoms with Crippen molar-refractivity contribution in [3.63, 3.8) is 0 Å². The van der Waals surface area contributed by atoms with Crippen molar-refractivity contribution in [1.29, 1.82) is 0 Å². The molecule has 1 aliphatic rings. The lowest BCUT2D eigenvalue weighted by atomic mass is 9.80. The van der Waals surface area contributed by atoms with Gasteiger partial charge in [0.2, 0.25) is 5.89 Å². The minimum atomic E-state index is -0.121. The first kappa shape index (κ1) is 13.5. The molecule has 1 saturated carbocycles.